The van der Waals surface area contributed by atoms with Gasteiger partial charge in [0, 0.05) is 11.4 Å². The first kappa shape index (κ1) is 25.8. The summed E-state index contributed by atoms with van der Waals surface area (Å²) in [7, 11) is 1.61. The van der Waals surface area contributed by atoms with Crippen molar-refractivity contribution >= 4 is 35.2 Å². The highest BCUT2D eigenvalue weighted by Gasteiger charge is 2.14. The van der Waals surface area contributed by atoms with Gasteiger partial charge in [0.2, 0.25) is 0 Å². The molecule has 0 fully saturated rings. The molecule has 0 atom stereocenters. The fourth-order valence-corrected chi connectivity index (χ4v) is 4.05. The minimum atomic E-state index is -0.516. The zero-order valence-electron chi connectivity index (χ0n) is 19.7. The number of rotatable bonds is 11. The molecule has 0 saturated carbocycles. The van der Waals surface area contributed by atoms with Crippen LogP contribution in [0.15, 0.2) is 77.7 Å². The Labute approximate surface area is 209 Å². The van der Waals surface area contributed by atoms with Crippen LogP contribution in [-0.4, -0.2) is 43.8 Å². The number of benzene rings is 3. The van der Waals surface area contributed by atoms with Gasteiger partial charge in [-0.3, -0.25) is 14.4 Å². The minimum absolute atomic E-state index is 0.103. The van der Waals surface area contributed by atoms with Crippen molar-refractivity contribution in [2.24, 2.45) is 0 Å². The molecular formula is C27H28N2O5S. The number of aryl methyl sites for hydroxylation is 1. The molecule has 3 aromatic rings. The smallest absolute Gasteiger partial charge is 0.316 e. The van der Waals surface area contributed by atoms with Crippen molar-refractivity contribution in [1.82, 2.24) is 5.32 Å². The van der Waals surface area contributed by atoms with E-state index >= 15 is 0 Å². The Morgan fingerprint density at radius 1 is 0.914 bits per heavy atom. The van der Waals surface area contributed by atoms with Crippen molar-refractivity contribution in [3.05, 3.63) is 89.5 Å². The molecule has 2 N–H and O–H groups in total. The van der Waals surface area contributed by atoms with Crippen molar-refractivity contribution in [2.45, 2.75) is 18.2 Å². The first-order valence-corrected chi connectivity index (χ1v) is 12.1. The molecule has 0 spiro atoms. The number of methoxy groups -OCH3 is 1. The van der Waals surface area contributed by atoms with Crippen LogP contribution in [0.1, 0.15) is 21.5 Å². The maximum atomic E-state index is 12.7. The number of hydrogen-bond donors (Lipinski definition) is 2. The third-order valence-electron chi connectivity index (χ3n) is 5.11. The summed E-state index contributed by atoms with van der Waals surface area (Å²) in [6.07, 6.45) is 0.654. The molecular weight excluding hydrogens is 464 g/mol. The molecule has 35 heavy (non-hydrogen) atoms. The summed E-state index contributed by atoms with van der Waals surface area (Å²) < 4.78 is 10.2. The average molecular weight is 493 g/mol. The van der Waals surface area contributed by atoms with E-state index < -0.39 is 18.5 Å². The molecule has 3 aromatic carbocycles. The van der Waals surface area contributed by atoms with Crippen LogP contribution in [0.3, 0.4) is 0 Å². The third-order valence-corrected chi connectivity index (χ3v) is 6.26. The Bertz CT molecular complexity index is 1160. The Balaban J connectivity index is 1.45. The Hall–Kier alpha value is -3.78. The number of amides is 2. The molecule has 0 saturated heterocycles. The van der Waals surface area contributed by atoms with Crippen LogP contribution in [0, 0.1) is 6.92 Å². The summed E-state index contributed by atoms with van der Waals surface area (Å²) in [5, 5.41) is 5.52. The average Bonchev–Trinajstić information content (AvgIpc) is 2.87. The van der Waals surface area contributed by atoms with Gasteiger partial charge in [-0.05, 0) is 54.8 Å². The predicted octanol–water partition coefficient (Wildman–Crippen LogP) is 4.25. The molecule has 0 aliphatic heterocycles. The van der Waals surface area contributed by atoms with E-state index in [0.717, 1.165) is 21.8 Å². The molecule has 3 rings (SSSR count). The monoisotopic (exact) mass is 492 g/mol. The van der Waals surface area contributed by atoms with Crippen LogP contribution >= 0.6 is 11.8 Å². The number of para-hydroxylation sites is 1. The van der Waals surface area contributed by atoms with Crippen molar-refractivity contribution in [1.29, 1.82) is 0 Å². The second-order valence-electron chi connectivity index (χ2n) is 7.66. The summed E-state index contributed by atoms with van der Waals surface area (Å²) in [5.41, 5.74) is 2.82. The van der Waals surface area contributed by atoms with Gasteiger partial charge in [0.1, 0.15) is 5.75 Å². The van der Waals surface area contributed by atoms with Gasteiger partial charge in [-0.15, -0.1) is 11.8 Å². The lowest BCUT2D eigenvalue weighted by Crippen LogP contribution is -2.28. The normalized spacial score (nSPS) is 10.3. The lowest BCUT2D eigenvalue weighted by Gasteiger charge is -2.12. The summed E-state index contributed by atoms with van der Waals surface area (Å²) in [6.45, 7) is 1.97. The van der Waals surface area contributed by atoms with Crippen molar-refractivity contribution in [2.75, 3.05) is 31.3 Å². The third kappa shape index (κ3) is 8.19. The highest BCUT2D eigenvalue weighted by molar-refractivity contribution is 8.00. The van der Waals surface area contributed by atoms with Crippen LogP contribution in [0.5, 0.6) is 5.75 Å². The van der Waals surface area contributed by atoms with Gasteiger partial charge in [0.05, 0.1) is 24.1 Å². The standard InChI is InChI=1S/C27H28N2O5S/c1-19-7-3-6-10-24(19)35-18-26(31)34-17-25(30)29-23-9-5-4-8-22(23)27(32)28-16-15-20-11-13-21(33-2)14-12-20/h3-14H,15-18H2,1-2H3,(H,28,32)(H,29,30). The molecule has 0 radical (unpaired) electrons. The van der Waals surface area contributed by atoms with Gasteiger partial charge in [0.25, 0.3) is 11.8 Å². The van der Waals surface area contributed by atoms with Crippen molar-refractivity contribution < 1.29 is 23.9 Å². The highest BCUT2D eigenvalue weighted by atomic mass is 32.2. The lowest BCUT2D eigenvalue weighted by molar-refractivity contribution is -0.144. The molecule has 7 nitrogen and oxygen atoms in total. The maximum absolute atomic E-state index is 12.7. The number of anilines is 1. The fourth-order valence-electron chi connectivity index (χ4n) is 3.23. The van der Waals surface area contributed by atoms with Crippen LogP contribution in [0.2, 0.25) is 0 Å². The van der Waals surface area contributed by atoms with Gasteiger partial charge >= 0.3 is 5.97 Å². The van der Waals surface area contributed by atoms with Gasteiger partial charge in [0.15, 0.2) is 6.61 Å². The van der Waals surface area contributed by atoms with E-state index in [4.69, 9.17) is 9.47 Å². The Morgan fingerprint density at radius 3 is 2.37 bits per heavy atom. The summed E-state index contributed by atoms with van der Waals surface area (Å²) in [4.78, 5) is 38.0. The fraction of sp³-hybridized carbons (Fsp3) is 0.222. The number of esters is 1. The van der Waals surface area contributed by atoms with E-state index in [1.807, 2.05) is 55.5 Å². The van der Waals surface area contributed by atoms with Crippen molar-refractivity contribution in [3.63, 3.8) is 0 Å². The van der Waals surface area contributed by atoms with E-state index in [9.17, 15) is 14.4 Å². The van der Waals surface area contributed by atoms with E-state index in [0.29, 0.717) is 24.2 Å². The van der Waals surface area contributed by atoms with Crippen LogP contribution < -0.4 is 15.4 Å². The Morgan fingerprint density at radius 2 is 1.63 bits per heavy atom. The molecule has 0 bridgehead atoms. The molecule has 0 heterocycles. The summed E-state index contributed by atoms with van der Waals surface area (Å²) >= 11 is 1.36. The molecule has 0 aliphatic rings. The number of carbonyl (C=O) groups excluding carboxylic acids is 3. The second-order valence-corrected chi connectivity index (χ2v) is 8.68. The summed E-state index contributed by atoms with van der Waals surface area (Å²) in [5.74, 6) is -0.430. The molecule has 2 amide bonds. The largest absolute Gasteiger partial charge is 0.497 e. The van der Waals surface area contributed by atoms with Crippen LogP contribution in [0.4, 0.5) is 5.69 Å². The quantitative estimate of drug-likeness (QED) is 0.307. The number of nitrogens with one attached hydrogen (secondary N) is 2. The number of hydrogen-bond acceptors (Lipinski definition) is 6. The zero-order valence-corrected chi connectivity index (χ0v) is 20.5. The van der Waals surface area contributed by atoms with Gasteiger partial charge < -0.3 is 20.1 Å². The van der Waals surface area contributed by atoms with Gasteiger partial charge in [-0.2, -0.15) is 0 Å². The van der Waals surface area contributed by atoms with E-state index in [1.165, 1.54) is 11.8 Å². The first-order valence-electron chi connectivity index (χ1n) is 11.1. The topological polar surface area (TPSA) is 93.7 Å². The maximum Gasteiger partial charge on any atom is 0.316 e. The summed E-state index contributed by atoms with van der Waals surface area (Å²) in [6, 6.07) is 22.1. The van der Waals surface area contributed by atoms with Crippen molar-refractivity contribution in [3.8, 4) is 5.75 Å². The SMILES string of the molecule is COc1ccc(CCNC(=O)c2ccccc2NC(=O)COC(=O)CSc2ccccc2C)cc1. The number of carbonyl (C=O) groups is 3. The Kier molecular flexibility index (Phi) is 9.74. The molecule has 0 aromatic heterocycles. The predicted molar refractivity (Wildman–Crippen MR) is 137 cm³/mol. The van der Waals surface area contributed by atoms with Crippen LogP contribution in [-0.2, 0) is 20.7 Å². The van der Waals surface area contributed by atoms with E-state index in [-0.39, 0.29) is 11.7 Å². The number of thioether (sulfide) groups is 1. The minimum Gasteiger partial charge on any atom is -0.497 e. The highest BCUT2D eigenvalue weighted by Crippen LogP contribution is 2.21. The van der Waals surface area contributed by atoms with E-state index in [1.54, 1.807) is 31.4 Å². The molecule has 182 valence electrons. The van der Waals surface area contributed by atoms with Crippen LogP contribution in [0.25, 0.3) is 0 Å². The first-order chi connectivity index (χ1) is 17.0. The van der Waals surface area contributed by atoms with Gasteiger partial charge in [-0.1, -0.05) is 42.5 Å². The van der Waals surface area contributed by atoms with Gasteiger partial charge in [-0.25, -0.2) is 0 Å². The zero-order chi connectivity index (χ0) is 25.0. The van der Waals surface area contributed by atoms with E-state index in [2.05, 4.69) is 10.6 Å². The number of ether oxygens (including phenoxy) is 2. The lowest BCUT2D eigenvalue weighted by atomic mass is 10.1. The molecule has 0 unspecified atom stereocenters. The molecule has 0 aliphatic carbocycles. The second kappa shape index (κ2) is 13.2. The molecule has 8 heteroatoms.